The lowest BCUT2D eigenvalue weighted by Crippen LogP contribution is -2.45. The Labute approximate surface area is 227 Å². The van der Waals surface area contributed by atoms with E-state index in [0.717, 1.165) is 18.7 Å². The number of nitrogens with zero attached hydrogens (tertiary/aromatic N) is 3. The maximum Gasteiger partial charge on any atom is 0.329 e. The molecule has 0 radical (unpaired) electrons. The van der Waals surface area contributed by atoms with Crippen molar-refractivity contribution in [2.45, 2.75) is 65.6 Å². The molecule has 1 aromatic rings. The third-order valence-corrected chi connectivity index (χ3v) is 7.15. The number of carbonyl (C=O) groups excluding carboxylic acids is 4. The zero-order chi connectivity index (χ0) is 28.2. The van der Waals surface area contributed by atoms with E-state index in [2.05, 4.69) is 24.1 Å². The van der Waals surface area contributed by atoms with Crippen LogP contribution in [0, 0.1) is 5.92 Å². The summed E-state index contributed by atoms with van der Waals surface area (Å²) >= 11 is 0. The minimum Gasteiger partial charge on any atom is -0.455 e. The Morgan fingerprint density at radius 3 is 2.39 bits per heavy atom. The third-order valence-electron chi connectivity index (χ3n) is 7.15. The number of nitrogens with one attached hydrogen (secondary N) is 1. The molecule has 0 aliphatic carbocycles. The van der Waals surface area contributed by atoms with E-state index in [4.69, 9.17) is 4.74 Å². The molecule has 1 N–H and O–H groups in total. The first-order chi connectivity index (χ1) is 18.1. The molecule has 1 heterocycles. The number of benzene rings is 1. The summed E-state index contributed by atoms with van der Waals surface area (Å²) in [6.07, 6.45) is 3.10. The zero-order valence-corrected chi connectivity index (χ0v) is 23.7. The molecule has 1 saturated heterocycles. The Bertz CT molecular complexity index is 961. The number of ether oxygens (including phenoxy) is 1. The normalized spacial score (nSPS) is 17.3. The number of hydrogen-bond donors (Lipinski definition) is 1. The maximum absolute atomic E-state index is 13.5. The predicted octanol–water partition coefficient (Wildman–Crippen LogP) is 2.78. The molecule has 0 spiro atoms. The fourth-order valence-corrected chi connectivity index (χ4v) is 4.79. The molecule has 3 atom stereocenters. The lowest BCUT2D eigenvalue weighted by molar-refractivity contribution is -0.158. The van der Waals surface area contributed by atoms with E-state index in [-0.39, 0.29) is 30.3 Å². The first kappa shape index (κ1) is 31.0. The van der Waals surface area contributed by atoms with Gasteiger partial charge in [-0.05, 0) is 44.3 Å². The van der Waals surface area contributed by atoms with Gasteiger partial charge in [0, 0.05) is 25.7 Å². The average Bonchev–Trinajstić information content (AvgIpc) is 3.42. The van der Waals surface area contributed by atoms with E-state index in [1.807, 2.05) is 44.2 Å². The summed E-state index contributed by atoms with van der Waals surface area (Å²) in [5, 5.41) is 2.39. The van der Waals surface area contributed by atoms with Crippen molar-refractivity contribution in [2.75, 3.05) is 39.8 Å². The van der Waals surface area contributed by atoms with Crippen molar-refractivity contribution in [2.24, 2.45) is 5.92 Å². The molecule has 0 saturated carbocycles. The lowest BCUT2D eigenvalue weighted by Gasteiger charge is -2.31. The Morgan fingerprint density at radius 2 is 1.82 bits per heavy atom. The van der Waals surface area contributed by atoms with E-state index in [9.17, 15) is 19.2 Å². The van der Waals surface area contributed by atoms with Crippen LogP contribution in [0.5, 0.6) is 0 Å². The summed E-state index contributed by atoms with van der Waals surface area (Å²) in [5.41, 5.74) is 1.39. The largest absolute Gasteiger partial charge is 0.455 e. The van der Waals surface area contributed by atoms with Gasteiger partial charge >= 0.3 is 5.97 Å². The highest BCUT2D eigenvalue weighted by Crippen LogP contribution is 2.26. The van der Waals surface area contributed by atoms with E-state index >= 15 is 0 Å². The Hall–Kier alpha value is -3.20. The standard InChI is InChI=1S/C29H44N4O5/c1-7-32(8-2)19-26(23-13-10-9-11-14-23)38-29(37)24-15-12-16-33(24)28(36)22(5)17-25(21(3)4)31(6)27(35)18-30-20-34/h9-11,13-14,17,20-21,24-26H,7-8,12,15-16,18-19H2,1-6H3,(H,30,34)/t24-,25+,26?/m0/s1. The summed E-state index contributed by atoms with van der Waals surface area (Å²) in [5.74, 6) is -0.844. The van der Waals surface area contributed by atoms with Crippen LogP contribution in [0.25, 0.3) is 0 Å². The number of amides is 3. The van der Waals surface area contributed by atoms with E-state index < -0.39 is 18.1 Å². The van der Waals surface area contributed by atoms with Gasteiger partial charge in [0.25, 0.3) is 0 Å². The first-order valence-electron chi connectivity index (χ1n) is 13.5. The quantitative estimate of drug-likeness (QED) is 0.227. The molecule has 1 aliphatic heterocycles. The first-order valence-corrected chi connectivity index (χ1v) is 13.5. The van der Waals surface area contributed by atoms with Crippen LogP contribution in [-0.2, 0) is 23.9 Å². The molecule has 0 bridgehead atoms. The lowest BCUT2D eigenvalue weighted by atomic mass is 9.99. The van der Waals surface area contributed by atoms with Crippen LogP contribution in [0.4, 0.5) is 0 Å². The van der Waals surface area contributed by atoms with Crippen LogP contribution in [0.3, 0.4) is 0 Å². The molecular formula is C29H44N4O5. The van der Waals surface area contributed by atoms with Crippen LogP contribution in [0.1, 0.15) is 59.1 Å². The number of rotatable bonds is 14. The molecule has 1 fully saturated rings. The molecule has 1 aromatic carbocycles. The van der Waals surface area contributed by atoms with Gasteiger partial charge in [0.05, 0.1) is 12.6 Å². The predicted molar refractivity (Wildman–Crippen MR) is 147 cm³/mol. The van der Waals surface area contributed by atoms with Gasteiger partial charge in [-0.15, -0.1) is 0 Å². The number of carbonyl (C=O) groups is 4. The van der Waals surface area contributed by atoms with E-state index in [1.54, 1.807) is 24.9 Å². The SMILES string of the molecule is CCN(CC)CC(OC(=O)[C@@H]1CCCN1C(=O)C(C)=C[C@H](C(C)C)N(C)C(=O)CNC=O)c1ccccc1. The molecule has 9 heteroatoms. The van der Waals surface area contributed by atoms with Crippen LogP contribution in [-0.4, -0.2) is 90.7 Å². The molecule has 2 rings (SSSR count). The van der Waals surface area contributed by atoms with Crippen molar-refractivity contribution >= 4 is 24.2 Å². The van der Waals surface area contributed by atoms with Crippen molar-refractivity contribution in [3.05, 3.63) is 47.5 Å². The van der Waals surface area contributed by atoms with E-state index in [1.165, 1.54) is 4.90 Å². The average molecular weight is 529 g/mol. The second-order valence-electron chi connectivity index (χ2n) is 10.1. The smallest absolute Gasteiger partial charge is 0.329 e. The summed E-state index contributed by atoms with van der Waals surface area (Å²) in [7, 11) is 1.66. The van der Waals surface area contributed by atoms with Gasteiger partial charge < -0.3 is 19.9 Å². The summed E-state index contributed by atoms with van der Waals surface area (Å²) in [4.78, 5) is 55.3. The fourth-order valence-electron chi connectivity index (χ4n) is 4.79. The fraction of sp³-hybridized carbons (Fsp3) is 0.586. The second-order valence-corrected chi connectivity index (χ2v) is 10.1. The zero-order valence-electron chi connectivity index (χ0n) is 23.7. The number of likely N-dealkylation sites (N-methyl/N-ethyl adjacent to an activating group) is 2. The molecule has 1 aliphatic rings. The minimum absolute atomic E-state index is 0.0361. The summed E-state index contributed by atoms with van der Waals surface area (Å²) in [6, 6.07) is 8.72. The monoisotopic (exact) mass is 528 g/mol. The molecule has 1 unspecified atom stereocenters. The molecule has 210 valence electrons. The van der Waals surface area contributed by atoms with Crippen LogP contribution >= 0.6 is 0 Å². The van der Waals surface area contributed by atoms with Crippen LogP contribution < -0.4 is 5.32 Å². The van der Waals surface area contributed by atoms with Crippen molar-refractivity contribution in [1.82, 2.24) is 20.0 Å². The van der Waals surface area contributed by atoms with Gasteiger partial charge in [0.1, 0.15) is 12.1 Å². The Balaban J connectivity index is 2.20. The molecule has 0 aromatic heterocycles. The minimum atomic E-state index is -0.651. The highest BCUT2D eigenvalue weighted by atomic mass is 16.5. The van der Waals surface area contributed by atoms with Gasteiger partial charge in [-0.3, -0.25) is 19.3 Å². The Morgan fingerprint density at radius 1 is 1.16 bits per heavy atom. The van der Waals surface area contributed by atoms with Gasteiger partial charge in [-0.2, -0.15) is 0 Å². The molecule has 3 amide bonds. The van der Waals surface area contributed by atoms with Crippen molar-refractivity contribution in [3.8, 4) is 0 Å². The van der Waals surface area contributed by atoms with Crippen LogP contribution in [0.2, 0.25) is 0 Å². The number of hydrogen-bond acceptors (Lipinski definition) is 6. The summed E-state index contributed by atoms with van der Waals surface area (Å²) < 4.78 is 6.06. The molecule has 9 nitrogen and oxygen atoms in total. The highest BCUT2D eigenvalue weighted by molar-refractivity contribution is 5.96. The van der Waals surface area contributed by atoms with Gasteiger partial charge in [-0.1, -0.05) is 64.1 Å². The Kier molecular flexibility index (Phi) is 12.5. The van der Waals surface area contributed by atoms with Gasteiger partial charge in [0.15, 0.2) is 0 Å². The number of likely N-dealkylation sites (tertiary alicyclic amines) is 1. The topological polar surface area (TPSA) is 99.3 Å². The van der Waals surface area contributed by atoms with Gasteiger partial charge in [0.2, 0.25) is 18.2 Å². The summed E-state index contributed by atoms with van der Waals surface area (Å²) in [6.45, 7) is 12.4. The van der Waals surface area contributed by atoms with Gasteiger partial charge in [-0.25, -0.2) is 4.79 Å². The van der Waals surface area contributed by atoms with E-state index in [0.29, 0.717) is 37.9 Å². The van der Waals surface area contributed by atoms with Crippen LogP contribution in [0.15, 0.2) is 42.0 Å². The molecular weight excluding hydrogens is 484 g/mol. The van der Waals surface area contributed by atoms with Crippen molar-refractivity contribution in [1.29, 1.82) is 0 Å². The number of esters is 1. The maximum atomic E-state index is 13.5. The highest BCUT2D eigenvalue weighted by Gasteiger charge is 2.37. The third kappa shape index (κ3) is 8.41. The van der Waals surface area contributed by atoms with Crippen molar-refractivity contribution in [3.63, 3.8) is 0 Å². The van der Waals surface area contributed by atoms with Crippen molar-refractivity contribution < 1.29 is 23.9 Å². The second kappa shape index (κ2) is 15.3. The molecule has 38 heavy (non-hydrogen) atoms.